The first-order chi connectivity index (χ1) is 9.47. The van der Waals surface area contributed by atoms with Gasteiger partial charge in [-0.25, -0.2) is 4.39 Å². The molecule has 0 aromatic heterocycles. The average Bonchev–Trinajstić information content (AvgIpc) is 2.42. The summed E-state index contributed by atoms with van der Waals surface area (Å²) in [6.45, 7) is 5.75. The standard InChI is InChI=1S/C14H18ClFN2O2/c1-9-8-18(5-6-20-9)10(2)14(19)17-13-7-11(15)3-4-12(13)16/h3-4,7,9-10H,5-6,8H2,1-2H3,(H,17,19). The van der Waals surface area contributed by atoms with Crippen LogP contribution in [0.4, 0.5) is 10.1 Å². The van der Waals surface area contributed by atoms with Crippen molar-refractivity contribution in [2.24, 2.45) is 0 Å². The quantitative estimate of drug-likeness (QED) is 0.932. The summed E-state index contributed by atoms with van der Waals surface area (Å²) < 4.78 is 19.0. The monoisotopic (exact) mass is 300 g/mol. The summed E-state index contributed by atoms with van der Waals surface area (Å²) in [6.07, 6.45) is 0.0990. The fraction of sp³-hybridized carbons (Fsp3) is 0.500. The van der Waals surface area contributed by atoms with Crippen LogP contribution in [0, 0.1) is 5.82 Å². The highest BCUT2D eigenvalue weighted by Crippen LogP contribution is 2.20. The Bertz CT molecular complexity index is 498. The van der Waals surface area contributed by atoms with E-state index in [1.165, 1.54) is 18.2 Å². The van der Waals surface area contributed by atoms with Crippen LogP contribution in [-0.2, 0) is 9.53 Å². The summed E-state index contributed by atoms with van der Waals surface area (Å²) in [5, 5.41) is 2.97. The molecule has 1 aromatic carbocycles. The lowest BCUT2D eigenvalue weighted by Crippen LogP contribution is -2.50. The average molecular weight is 301 g/mol. The molecule has 1 aliphatic heterocycles. The van der Waals surface area contributed by atoms with E-state index in [2.05, 4.69) is 5.32 Å². The van der Waals surface area contributed by atoms with E-state index in [1.54, 1.807) is 6.92 Å². The Kier molecular flexibility index (Phi) is 4.96. The minimum Gasteiger partial charge on any atom is -0.376 e. The van der Waals surface area contributed by atoms with Crippen molar-refractivity contribution in [2.75, 3.05) is 25.0 Å². The second-order valence-electron chi connectivity index (χ2n) is 4.97. The third-order valence-corrected chi connectivity index (χ3v) is 3.62. The number of morpholine rings is 1. The zero-order valence-corrected chi connectivity index (χ0v) is 12.3. The SMILES string of the molecule is CC1CN(C(C)C(=O)Nc2cc(Cl)ccc2F)CCO1. The van der Waals surface area contributed by atoms with E-state index in [0.717, 1.165) is 0 Å². The summed E-state index contributed by atoms with van der Waals surface area (Å²) >= 11 is 5.80. The van der Waals surface area contributed by atoms with Gasteiger partial charge in [0.15, 0.2) is 0 Å². The van der Waals surface area contributed by atoms with Crippen LogP contribution in [0.2, 0.25) is 5.02 Å². The summed E-state index contributed by atoms with van der Waals surface area (Å²) in [5.41, 5.74) is 0.107. The van der Waals surface area contributed by atoms with Gasteiger partial charge >= 0.3 is 0 Å². The van der Waals surface area contributed by atoms with Crippen molar-refractivity contribution in [3.05, 3.63) is 29.0 Å². The van der Waals surface area contributed by atoms with Crippen molar-refractivity contribution < 1.29 is 13.9 Å². The molecule has 1 fully saturated rings. The van der Waals surface area contributed by atoms with E-state index in [1.807, 2.05) is 11.8 Å². The third kappa shape index (κ3) is 3.69. The number of hydrogen-bond acceptors (Lipinski definition) is 3. The van der Waals surface area contributed by atoms with Gasteiger partial charge in [-0.05, 0) is 32.0 Å². The first-order valence-corrected chi connectivity index (χ1v) is 6.96. The molecule has 0 saturated carbocycles. The second kappa shape index (κ2) is 6.52. The predicted molar refractivity (Wildman–Crippen MR) is 76.5 cm³/mol. The van der Waals surface area contributed by atoms with Gasteiger partial charge in [-0.1, -0.05) is 11.6 Å². The van der Waals surface area contributed by atoms with Crippen molar-refractivity contribution in [1.82, 2.24) is 4.90 Å². The van der Waals surface area contributed by atoms with Crippen molar-refractivity contribution in [1.29, 1.82) is 0 Å². The molecule has 1 amide bonds. The van der Waals surface area contributed by atoms with E-state index in [-0.39, 0.29) is 23.7 Å². The molecule has 0 bridgehead atoms. The second-order valence-corrected chi connectivity index (χ2v) is 5.40. The molecule has 4 nitrogen and oxygen atoms in total. The lowest BCUT2D eigenvalue weighted by molar-refractivity contribution is -0.123. The molecule has 1 heterocycles. The molecule has 0 radical (unpaired) electrons. The highest BCUT2D eigenvalue weighted by molar-refractivity contribution is 6.30. The first-order valence-electron chi connectivity index (χ1n) is 6.59. The summed E-state index contributed by atoms with van der Waals surface area (Å²) in [5.74, 6) is -0.745. The van der Waals surface area contributed by atoms with Crippen molar-refractivity contribution in [2.45, 2.75) is 26.0 Å². The lowest BCUT2D eigenvalue weighted by Gasteiger charge is -2.34. The number of carbonyl (C=O) groups is 1. The number of benzene rings is 1. The van der Waals surface area contributed by atoms with E-state index in [0.29, 0.717) is 24.7 Å². The predicted octanol–water partition coefficient (Wildman–Crippen LogP) is 2.53. The van der Waals surface area contributed by atoms with Crippen molar-refractivity contribution in [3.63, 3.8) is 0 Å². The Morgan fingerprint density at radius 1 is 1.60 bits per heavy atom. The zero-order valence-electron chi connectivity index (χ0n) is 11.5. The number of nitrogens with zero attached hydrogens (tertiary/aromatic N) is 1. The van der Waals surface area contributed by atoms with Crippen molar-refractivity contribution >= 4 is 23.2 Å². The van der Waals surface area contributed by atoms with Crippen LogP contribution in [0.5, 0.6) is 0 Å². The maximum Gasteiger partial charge on any atom is 0.241 e. The lowest BCUT2D eigenvalue weighted by atomic mass is 10.2. The maximum absolute atomic E-state index is 13.6. The first kappa shape index (κ1) is 15.2. The minimum absolute atomic E-state index is 0.0990. The van der Waals surface area contributed by atoms with Crippen molar-refractivity contribution in [3.8, 4) is 0 Å². The van der Waals surface area contributed by atoms with Crippen LogP contribution in [0.3, 0.4) is 0 Å². The van der Waals surface area contributed by atoms with Gasteiger partial charge in [0.2, 0.25) is 5.91 Å². The molecule has 1 aromatic rings. The summed E-state index contributed by atoms with van der Waals surface area (Å²) in [6, 6.07) is 3.74. The molecule has 110 valence electrons. The molecule has 0 aliphatic carbocycles. The maximum atomic E-state index is 13.6. The Morgan fingerprint density at radius 2 is 2.35 bits per heavy atom. The number of halogens is 2. The molecular weight excluding hydrogens is 283 g/mol. The van der Waals surface area contributed by atoms with Gasteiger partial charge in [-0.3, -0.25) is 9.69 Å². The number of ether oxygens (including phenoxy) is 1. The number of hydrogen-bond donors (Lipinski definition) is 1. The van der Waals surface area contributed by atoms with Gasteiger partial charge in [0.1, 0.15) is 5.82 Å². The number of nitrogens with one attached hydrogen (secondary N) is 1. The van der Waals surface area contributed by atoms with Gasteiger partial charge in [0.05, 0.1) is 24.4 Å². The van der Waals surface area contributed by atoms with Gasteiger partial charge in [-0.2, -0.15) is 0 Å². The van der Waals surface area contributed by atoms with E-state index in [9.17, 15) is 9.18 Å². The topological polar surface area (TPSA) is 41.6 Å². The van der Waals surface area contributed by atoms with Gasteiger partial charge < -0.3 is 10.1 Å². The largest absolute Gasteiger partial charge is 0.376 e. The van der Waals surface area contributed by atoms with Crippen LogP contribution in [0.1, 0.15) is 13.8 Å². The van der Waals surface area contributed by atoms with Gasteiger partial charge in [0.25, 0.3) is 0 Å². The summed E-state index contributed by atoms with van der Waals surface area (Å²) in [4.78, 5) is 14.2. The molecule has 2 rings (SSSR count). The van der Waals surface area contributed by atoms with Crippen LogP contribution < -0.4 is 5.32 Å². The minimum atomic E-state index is -0.495. The molecular formula is C14H18ClFN2O2. The Morgan fingerprint density at radius 3 is 3.05 bits per heavy atom. The number of amides is 1. The van der Waals surface area contributed by atoms with Gasteiger partial charge in [0, 0.05) is 18.1 Å². The van der Waals surface area contributed by atoms with Crippen LogP contribution in [0.15, 0.2) is 18.2 Å². The fourth-order valence-electron chi connectivity index (χ4n) is 2.19. The Hall–Kier alpha value is -1.17. The van der Waals surface area contributed by atoms with Crippen LogP contribution in [-0.4, -0.2) is 42.6 Å². The van der Waals surface area contributed by atoms with Crippen LogP contribution >= 0.6 is 11.6 Å². The molecule has 0 spiro atoms. The zero-order chi connectivity index (χ0) is 14.7. The fourth-order valence-corrected chi connectivity index (χ4v) is 2.37. The summed E-state index contributed by atoms with van der Waals surface area (Å²) in [7, 11) is 0. The van der Waals surface area contributed by atoms with E-state index < -0.39 is 5.82 Å². The number of carbonyl (C=O) groups excluding carboxylic acids is 1. The smallest absolute Gasteiger partial charge is 0.241 e. The highest BCUT2D eigenvalue weighted by atomic mass is 35.5. The van der Waals surface area contributed by atoms with E-state index in [4.69, 9.17) is 16.3 Å². The van der Waals surface area contributed by atoms with Crippen LogP contribution in [0.25, 0.3) is 0 Å². The normalized spacial score (nSPS) is 21.5. The molecule has 2 atom stereocenters. The Labute approximate surface area is 122 Å². The molecule has 6 heteroatoms. The molecule has 1 N–H and O–H groups in total. The molecule has 20 heavy (non-hydrogen) atoms. The molecule has 1 aliphatic rings. The van der Waals surface area contributed by atoms with Gasteiger partial charge in [-0.15, -0.1) is 0 Å². The Balaban J connectivity index is 2.02. The molecule has 2 unspecified atom stereocenters. The molecule has 1 saturated heterocycles. The number of rotatable bonds is 3. The highest BCUT2D eigenvalue weighted by Gasteiger charge is 2.26. The number of anilines is 1. The third-order valence-electron chi connectivity index (χ3n) is 3.39. The van der Waals surface area contributed by atoms with E-state index >= 15 is 0 Å².